The lowest BCUT2D eigenvalue weighted by atomic mass is 9.75. The molecule has 1 aliphatic rings. The van der Waals surface area contributed by atoms with E-state index in [0.29, 0.717) is 27.0 Å². The van der Waals surface area contributed by atoms with Crippen LogP contribution in [0.15, 0.2) is 77.9 Å². The van der Waals surface area contributed by atoms with Gasteiger partial charge < -0.3 is 10.4 Å². The molecule has 0 aromatic heterocycles. The van der Waals surface area contributed by atoms with Crippen molar-refractivity contribution in [3.05, 3.63) is 99.8 Å². The SMILES string of the molecule is CC1(C(O)c2ccc(F)cc2)CN(CC(=O)Nc2ccc(Cl)cc2)N=C1c1ccc(Cl)cc1. The molecule has 2 N–H and O–H groups in total. The van der Waals surface area contributed by atoms with E-state index in [1.165, 1.54) is 12.1 Å². The number of rotatable bonds is 6. The summed E-state index contributed by atoms with van der Waals surface area (Å²) in [7, 11) is 0. The first-order valence-electron chi connectivity index (χ1n) is 10.3. The highest BCUT2D eigenvalue weighted by molar-refractivity contribution is 6.31. The smallest absolute Gasteiger partial charge is 0.245 e. The average Bonchev–Trinajstić information content (AvgIpc) is 3.13. The molecule has 0 saturated carbocycles. The van der Waals surface area contributed by atoms with E-state index in [-0.39, 0.29) is 24.8 Å². The van der Waals surface area contributed by atoms with Crippen molar-refractivity contribution < 1.29 is 14.3 Å². The molecule has 0 radical (unpaired) electrons. The summed E-state index contributed by atoms with van der Waals surface area (Å²) in [6, 6.07) is 19.7. The van der Waals surface area contributed by atoms with E-state index in [4.69, 9.17) is 28.3 Å². The minimum Gasteiger partial charge on any atom is -0.387 e. The van der Waals surface area contributed by atoms with Gasteiger partial charge in [0.05, 0.1) is 23.8 Å². The molecule has 3 aromatic carbocycles. The van der Waals surface area contributed by atoms with Gasteiger partial charge in [-0.05, 0) is 66.6 Å². The van der Waals surface area contributed by atoms with E-state index >= 15 is 0 Å². The van der Waals surface area contributed by atoms with Crippen molar-refractivity contribution in [3.63, 3.8) is 0 Å². The number of halogens is 3. The molecule has 4 rings (SSSR count). The van der Waals surface area contributed by atoms with Crippen LogP contribution in [0.3, 0.4) is 0 Å². The average molecular weight is 486 g/mol. The zero-order chi connectivity index (χ0) is 23.6. The number of carbonyl (C=O) groups excluding carboxylic acids is 1. The van der Waals surface area contributed by atoms with Crippen molar-refractivity contribution in [3.8, 4) is 0 Å². The monoisotopic (exact) mass is 485 g/mol. The summed E-state index contributed by atoms with van der Waals surface area (Å²) in [5.41, 5.74) is 1.73. The van der Waals surface area contributed by atoms with Gasteiger partial charge in [-0.2, -0.15) is 5.10 Å². The molecule has 0 saturated heterocycles. The predicted molar refractivity (Wildman–Crippen MR) is 129 cm³/mol. The van der Waals surface area contributed by atoms with Crippen molar-refractivity contribution in [2.75, 3.05) is 18.4 Å². The highest BCUT2D eigenvalue weighted by Gasteiger charge is 2.46. The van der Waals surface area contributed by atoms with Crippen LogP contribution >= 0.6 is 23.2 Å². The molecule has 8 heteroatoms. The third-order valence-corrected chi connectivity index (χ3v) is 6.16. The fourth-order valence-corrected chi connectivity index (χ4v) is 4.21. The second-order valence-corrected chi connectivity index (χ2v) is 9.08. The number of benzene rings is 3. The molecule has 0 aliphatic carbocycles. The van der Waals surface area contributed by atoms with Gasteiger partial charge in [-0.1, -0.05) is 47.5 Å². The molecule has 1 heterocycles. The van der Waals surface area contributed by atoms with Gasteiger partial charge in [-0.25, -0.2) is 4.39 Å². The summed E-state index contributed by atoms with van der Waals surface area (Å²) in [5.74, 6) is -0.633. The van der Waals surface area contributed by atoms with Crippen molar-refractivity contribution >= 4 is 40.5 Å². The van der Waals surface area contributed by atoms with Gasteiger partial charge in [0.1, 0.15) is 12.4 Å². The maximum atomic E-state index is 13.4. The summed E-state index contributed by atoms with van der Waals surface area (Å²) < 4.78 is 13.4. The van der Waals surface area contributed by atoms with Crippen LogP contribution in [-0.4, -0.2) is 34.8 Å². The maximum Gasteiger partial charge on any atom is 0.245 e. The van der Waals surface area contributed by atoms with Gasteiger partial charge in [0.25, 0.3) is 0 Å². The number of aliphatic hydroxyl groups excluding tert-OH is 1. The van der Waals surface area contributed by atoms with E-state index < -0.39 is 11.5 Å². The quantitative estimate of drug-likeness (QED) is 0.482. The van der Waals surface area contributed by atoms with E-state index in [2.05, 4.69) is 5.32 Å². The normalized spacial score (nSPS) is 18.7. The zero-order valence-electron chi connectivity index (χ0n) is 17.8. The Kier molecular flexibility index (Phi) is 6.70. The molecular weight excluding hydrogens is 464 g/mol. The van der Waals surface area contributed by atoms with Crippen molar-refractivity contribution in [1.29, 1.82) is 0 Å². The Morgan fingerprint density at radius 1 is 1.06 bits per heavy atom. The summed E-state index contributed by atoms with van der Waals surface area (Å²) >= 11 is 11.9. The Labute approximate surface area is 201 Å². The molecule has 0 spiro atoms. The van der Waals surface area contributed by atoms with Crippen LogP contribution < -0.4 is 5.32 Å². The number of hydrogen-bond donors (Lipinski definition) is 2. The lowest BCUT2D eigenvalue weighted by molar-refractivity contribution is -0.117. The van der Waals surface area contributed by atoms with Crippen LogP contribution in [-0.2, 0) is 4.79 Å². The summed E-state index contributed by atoms with van der Waals surface area (Å²) in [4.78, 5) is 12.7. The van der Waals surface area contributed by atoms with E-state index in [9.17, 15) is 14.3 Å². The topological polar surface area (TPSA) is 64.9 Å². The Hall–Kier alpha value is -2.93. The van der Waals surface area contributed by atoms with Crippen molar-refractivity contribution in [1.82, 2.24) is 5.01 Å². The standard InChI is InChI=1S/C25H22Cl2FN3O2/c1-25(24(33)17-4-10-20(28)11-5-17)15-31(30-23(25)16-2-6-18(26)7-3-16)14-22(32)29-21-12-8-19(27)9-13-21/h2-13,24,33H,14-15H2,1H3,(H,29,32). The second-order valence-electron chi connectivity index (χ2n) is 8.20. The summed E-state index contributed by atoms with van der Waals surface area (Å²) in [5, 5.41) is 21.6. The van der Waals surface area contributed by atoms with Crippen LogP contribution in [0.4, 0.5) is 10.1 Å². The van der Waals surface area contributed by atoms with Crippen LogP contribution in [0.2, 0.25) is 10.0 Å². The van der Waals surface area contributed by atoms with E-state index in [0.717, 1.165) is 5.56 Å². The van der Waals surface area contributed by atoms with Crippen LogP contribution in [0.5, 0.6) is 0 Å². The number of hydrogen-bond acceptors (Lipinski definition) is 4. The molecule has 33 heavy (non-hydrogen) atoms. The van der Waals surface area contributed by atoms with Gasteiger partial charge in [0.2, 0.25) is 5.91 Å². The molecule has 170 valence electrons. The van der Waals surface area contributed by atoms with Crippen LogP contribution in [0, 0.1) is 11.2 Å². The number of nitrogens with one attached hydrogen (secondary N) is 1. The number of aliphatic hydroxyl groups is 1. The number of amides is 1. The highest BCUT2D eigenvalue weighted by Crippen LogP contribution is 2.42. The highest BCUT2D eigenvalue weighted by atomic mass is 35.5. The molecule has 1 aliphatic heterocycles. The van der Waals surface area contributed by atoms with Crippen molar-refractivity contribution in [2.45, 2.75) is 13.0 Å². The number of nitrogens with zero attached hydrogens (tertiary/aromatic N) is 2. The second kappa shape index (κ2) is 9.51. The van der Waals surface area contributed by atoms with Crippen LogP contribution in [0.1, 0.15) is 24.2 Å². The lowest BCUT2D eigenvalue weighted by Crippen LogP contribution is -2.39. The molecule has 0 fully saturated rings. The number of hydrazone groups is 1. The fraction of sp³-hybridized carbons (Fsp3) is 0.200. The molecule has 2 unspecified atom stereocenters. The minimum atomic E-state index is -0.975. The molecule has 3 aromatic rings. The minimum absolute atomic E-state index is 0.00849. The Balaban J connectivity index is 1.60. The van der Waals surface area contributed by atoms with Gasteiger partial charge in [-0.15, -0.1) is 0 Å². The van der Waals surface area contributed by atoms with Gasteiger partial charge in [-0.3, -0.25) is 9.80 Å². The third kappa shape index (κ3) is 5.19. The van der Waals surface area contributed by atoms with Gasteiger partial charge in [0, 0.05) is 15.7 Å². The Morgan fingerprint density at radius 2 is 1.64 bits per heavy atom. The Bertz CT molecular complexity index is 1170. The number of anilines is 1. The molecule has 0 bridgehead atoms. The first-order valence-corrected chi connectivity index (χ1v) is 11.1. The molecular formula is C25H22Cl2FN3O2. The fourth-order valence-electron chi connectivity index (χ4n) is 3.96. The summed E-state index contributed by atoms with van der Waals surface area (Å²) in [6.45, 7) is 2.16. The molecule has 1 amide bonds. The summed E-state index contributed by atoms with van der Waals surface area (Å²) in [6.07, 6.45) is -0.975. The van der Waals surface area contributed by atoms with Gasteiger partial charge in [0.15, 0.2) is 0 Å². The van der Waals surface area contributed by atoms with Crippen molar-refractivity contribution in [2.24, 2.45) is 10.5 Å². The molecule has 5 nitrogen and oxygen atoms in total. The zero-order valence-corrected chi connectivity index (χ0v) is 19.3. The maximum absolute atomic E-state index is 13.4. The first-order chi connectivity index (χ1) is 15.7. The Morgan fingerprint density at radius 3 is 2.24 bits per heavy atom. The third-order valence-electron chi connectivity index (χ3n) is 5.65. The first kappa shape index (κ1) is 23.2. The largest absolute Gasteiger partial charge is 0.387 e. The predicted octanol–water partition coefficient (Wildman–Crippen LogP) is 5.53. The van der Waals surface area contributed by atoms with Gasteiger partial charge >= 0.3 is 0 Å². The van der Waals surface area contributed by atoms with E-state index in [1.54, 1.807) is 53.5 Å². The van der Waals surface area contributed by atoms with E-state index in [1.807, 2.05) is 19.1 Å². The lowest BCUT2D eigenvalue weighted by Gasteiger charge is -2.32. The van der Waals surface area contributed by atoms with Crippen LogP contribution in [0.25, 0.3) is 0 Å². The number of carbonyl (C=O) groups is 1. The molecule has 2 atom stereocenters.